The predicted molar refractivity (Wildman–Crippen MR) is 81.8 cm³/mol. The average Bonchev–Trinajstić information content (AvgIpc) is 2.32. The Balaban J connectivity index is 2.56. The molecule has 0 radical (unpaired) electrons. The van der Waals surface area contributed by atoms with Gasteiger partial charge in [-0.1, -0.05) is 43.1 Å². The van der Waals surface area contributed by atoms with Crippen molar-refractivity contribution in [2.24, 2.45) is 17.6 Å². The van der Waals surface area contributed by atoms with Gasteiger partial charge in [-0.15, -0.1) is 0 Å². The van der Waals surface area contributed by atoms with Crippen LogP contribution < -0.4 is 5.73 Å². The lowest BCUT2D eigenvalue weighted by Crippen LogP contribution is -2.20. The van der Waals surface area contributed by atoms with Gasteiger partial charge in [0.05, 0.1) is 10.0 Å². The molecule has 106 valence electrons. The van der Waals surface area contributed by atoms with Crippen LogP contribution in [0.5, 0.6) is 0 Å². The van der Waals surface area contributed by atoms with Gasteiger partial charge in [0.15, 0.2) is 0 Å². The van der Waals surface area contributed by atoms with Crippen molar-refractivity contribution in [3.05, 3.63) is 33.8 Å². The van der Waals surface area contributed by atoms with E-state index in [-0.39, 0.29) is 11.7 Å². The van der Waals surface area contributed by atoms with Crippen LogP contribution in [0, 0.1) is 11.8 Å². The standard InChI is InChI=1S/C15H21Cl2NO/c1-10(2)5-12(9-18)7-13(19)6-11-3-4-14(16)15(17)8-11/h3-4,8,10,12H,5-7,9,18H2,1-2H3. The van der Waals surface area contributed by atoms with Crippen LogP contribution in [0.15, 0.2) is 18.2 Å². The van der Waals surface area contributed by atoms with Crippen LogP contribution in [0.3, 0.4) is 0 Å². The lowest BCUT2D eigenvalue weighted by atomic mass is 9.91. The van der Waals surface area contributed by atoms with Crippen LogP contribution in [0.4, 0.5) is 0 Å². The van der Waals surface area contributed by atoms with Crippen LogP contribution in [0.2, 0.25) is 10.0 Å². The minimum absolute atomic E-state index is 0.203. The van der Waals surface area contributed by atoms with E-state index in [4.69, 9.17) is 28.9 Å². The van der Waals surface area contributed by atoms with E-state index in [1.54, 1.807) is 12.1 Å². The summed E-state index contributed by atoms with van der Waals surface area (Å²) in [6.45, 7) is 4.85. The second-order valence-electron chi connectivity index (χ2n) is 5.40. The molecule has 1 aromatic carbocycles. The first-order valence-corrected chi connectivity index (χ1v) is 7.33. The van der Waals surface area contributed by atoms with E-state index in [0.29, 0.717) is 35.3 Å². The number of ketones is 1. The number of benzene rings is 1. The molecule has 19 heavy (non-hydrogen) atoms. The van der Waals surface area contributed by atoms with Gasteiger partial charge in [0.2, 0.25) is 0 Å². The molecule has 1 unspecified atom stereocenters. The van der Waals surface area contributed by atoms with Crippen molar-refractivity contribution in [1.29, 1.82) is 0 Å². The number of rotatable bonds is 7. The Kier molecular flexibility index (Phi) is 6.84. The van der Waals surface area contributed by atoms with Gasteiger partial charge in [0.25, 0.3) is 0 Å². The molecule has 0 aliphatic heterocycles. The second kappa shape index (κ2) is 7.88. The van der Waals surface area contributed by atoms with Gasteiger partial charge in [-0.25, -0.2) is 0 Å². The maximum atomic E-state index is 12.0. The highest BCUT2D eigenvalue weighted by atomic mass is 35.5. The molecule has 0 amide bonds. The molecule has 2 nitrogen and oxygen atoms in total. The van der Waals surface area contributed by atoms with Gasteiger partial charge >= 0.3 is 0 Å². The minimum atomic E-state index is 0.203. The highest BCUT2D eigenvalue weighted by Gasteiger charge is 2.14. The van der Waals surface area contributed by atoms with E-state index in [1.165, 1.54) is 0 Å². The summed E-state index contributed by atoms with van der Waals surface area (Å²) in [5, 5.41) is 1.00. The van der Waals surface area contributed by atoms with Gasteiger partial charge in [0, 0.05) is 12.8 Å². The highest BCUT2D eigenvalue weighted by molar-refractivity contribution is 6.42. The van der Waals surface area contributed by atoms with Gasteiger partial charge in [-0.05, 0) is 42.5 Å². The Hall–Kier alpha value is -0.570. The van der Waals surface area contributed by atoms with E-state index in [0.717, 1.165) is 12.0 Å². The summed E-state index contributed by atoms with van der Waals surface area (Å²) < 4.78 is 0. The average molecular weight is 302 g/mol. The smallest absolute Gasteiger partial charge is 0.137 e. The van der Waals surface area contributed by atoms with Crippen LogP contribution in [0.25, 0.3) is 0 Å². The van der Waals surface area contributed by atoms with E-state index >= 15 is 0 Å². The first-order valence-electron chi connectivity index (χ1n) is 6.58. The number of nitrogens with two attached hydrogens (primary N) is 1. The Bertz CT molecular complexity index is 432. The van der Waals surface area contributed by atoms with Crippen LogP contribution >= 0.6 is 23.2 Å². The zero-order valence-electron chi connectivity index (χ0n) is 11.5. The summed E-state index contributed by atoms with van der Waals surface area (Å²) in [7, 11) is 0. The normalized spacial score (nSPS) is 12.7. The van der Waals surface area contributed by atoms with E-state index in [1.807, 2.05) is 6.07 Å². The molecule has 1 aromatic rings. The fourth-order valence-corrected chi connectivity index (χ4v) is 2.52. The molecule has 0 bridgehead atoms. The van der Waals surface area contributed by atoms with Crippen molar-refractivity contribution in [2.45, 2.75) is 33.1 Å². The van der Waals surface area contributed by atoms with E-state index in [9.17, 15) is 4.79 Å². The molecule has 0 aliphatic rings. The van der Waals surface area contributed by atoms with Crippen molar-refractivity contribution in [1.82, 2.24) is 0 Å². The molecule has 0 heterocycles. The summed E-state index contributed by atoms with van der Waals surface area (Å²) in [6.07, 6.45) is 1.92. The van der Waals surface area contributed by atoms with Crippen molar-refractivity contribution >= 4 is 29.0 Å². The molecular formula is C15H21Cl2NO. The summed E-state index contributed by atoms with van der Waals surface area (Å²) in [5.41, 5.74) is 6.62. The summed E-state index contributed by atoms with van der Waals surface area (Å²) >= 11 is 11.8. The topological polar surface area (TPSA) is 43.1 Å². The summed E-state index contributed by atoms with van der Waals surface area (Å²) in [4.78, 5) is 12.0. The number of halogens is 2. The third kappa shape index (κ3) is 5.94. The van der Waals surface area contributed by atoms with E-state index < -0.39 is 0 Å². The Morgan fingerprint density at radius 2 is 1.95 bits per heavy atom. The molecule has 0 saturated carbocycles. The molecule has 0 aliphatic carbocycles. The molecule has 0 spiro atoms. The monoisotopic (exact) mass is 301 g/mol. The Morgan fingerprint density at radius 1 is 1.26 bits per heavy atom. The Labute approximate surface area is 125 Å². The molecule has 2 N–H and O–H groups in total. The zero-order valence-corrected chi connectivity index (χ0v) is 13.0. The van der Waals surface area contributed by atoms with Crippen LogP contribution in [-0.2, 0) is 11.2 Å². The third-order valence-electron chi connectivity index (χ3n) is 3.04. The lowest BCUT2D eigenvalue weighted by Gasteiger charge is -2.16. The number of Topliss-reactive ketones (excluding diaryl/α,β-unsaturated/α-hetero) is 1. The molecule has 4 heteroatoms. The molecule has 1 rings (SSSR count). The van der Waals surface area contributed by atoms with Gasteiger partial charge in [-0.2, -0.15) is 0 Å². The number of carbonyl (C=O) groups is 1. The van der Waals surface area contributed by atoms with Crippen molar-refractivity contribution < 1.29 is 4.79 Å². The SMILES string of the molecule is CC(C)CC(CN)CC(=O)Cc1ccc(Cl)c(Cl)c1. The quantitative estimate of drug-likeness (QED) is 0.823. The first-order chi connectivity index (χ1) is 8.92. The van der Waals surface area contributed by atoms with Crippen molar-refractivity contribution in [2.75, 3.05) is 6.54 Å². The summed E-state index contributed by atoms with van der Waals surface area (Å²) in [6, 6.07) is 5.31. The fraction of sp³-hybridized carbons (Fsp3) is 0.533. The molecule has 0 aromatic heterocycles. The van der Waals surface area contributed by atoms with Gasteiger partial charge in [-0.3, -0.25) is 4.79 Å². The Morgan fingerprint density at radius 3 is 2.47 bits per heavy atom. The zero-order chi connectivity index (χ0) is 14.4. The molecular weight excluding hydrogens is 281 g/mol. The fourth-order valence-electron chi connectivity index (χ4n) is 2.20. The highest BCUT2D eigenvalue weighted by Crippen LogP contribution is 2.23. The number of hydrogen-bond acceptors (Lipinski definition) is 2. The number of carbonyl (C=O) groups excluding carboxylic acids is 1. The molecule has 1 atom stereocenters. The summed E-state index contributed by atoms with van der Waals surface area (Å²) in [5.74, 6) is 1.04. The van der Waals surface area contributed by atoms with Gasteiger partial charge < -0.3 is 5.73 Å². The van der Waals surface area contributed by atoms with E-state index in [2.05, 4.69) is 13.8 Å². The van der Waals surface area contributed by atoms with Crippen molar-refractivity contribution in [3.63, 3.8) is 0 Å². The maximum absolute atomic E-state index is 12.0. The van der Waals surface area contributed by atoms with Crippen molar-refractivity contribution in [3.8, 4) is 0 Å². The third-order valence-corrected chi connectivity index (χ3v) is 3.78. The number of hydrogen-bond donors (Lipinski definition) is 1. The van der Waals surface area contributed by atoms with Crippen LogP contribution in [-0.4, -0.2) is 12.3 Å². The second-order valence-corrected chi connectivity index (χ2v) is 6.21. The maximum Gasteiger partial charge on any atom is 0.137 e. The lowest BCUT2D eigenvalue weighted by molar-refractivity contribution is -0.119. The largest absolute Gasteiger partial charge is 0.330 e. The first kappa shape index (κ1) is 16.5. The predicted octanol–water partition coefficient (Wildman–Crippen LogP) is 4.12. The molecule has 0 saturated heterocycles. The minimum Gasteiger partial charge on any atom is -0.330 e. The van der Waals surface area contributed by atoms with Crippen LogP contribution in [0.1, 0.15) is 32.3 Å². The molecule has 0 fully saturated rings. The van der Waals surface area contributed by atoms with Gasteiger partial charge in [0.1, 0.15) is 5.78 Å².